The molecule has 2 aliphatic rings. The number of hydrogen-bond acceptors (Lipinski definition) is 6. The van der Waals surface area contributed by atoms with E-state index in [1.54, 1.807) is 11.0 Å². The number of piperazine rings is 1. The van der Waals surface area contributed by atoms with Gasteiger partial charge >= 0.3 is 6.36 Å². The summed E-state index contributed by atoms with van der Waals surface area (Å²) in [6.45, 7) is 1.41. The highest BCUT2D eigenvalue weighted by Gasteiger charge is 2.41. The number of carbonyl (C=O) groups is 1. The van der Waals surface area contributed by atoms with Crippen LogP contribution in [-0.4, -0.2) is 57.1 Å². The summed E-state index contributed by atoms with van der Waals surface area (Å²) in [4.78, 5) is 18.8. The minimum Gasteiger partial charge on any atom is -0.444 e. The van der Waals surface area contributed by atoms with E-state index in [9.17, 15) is 18.0 Å². The maximum absolute atomic E-state index is 12.7. The van der Waals surface area contributed by atoms with Crippen LogP contribution in [0.4, 0.5) is 13.2 Å². The highest BCUT2D eigenvalue weighted by Crippen LogP contribution is 2.30. The van der Waals surface area contributed by atoms with Gasteiger partial charge in [-0.25, -0.2) is 9.67 Å². The number of aromatic nitrogens is 3. The quantitative estimate of drug-likeness (QED) is 0.700. The lowest BCUT2D eigenvalue weighted by molar-refractivity contribution is -0.274. The third-order valence-electron chi connectivity index (χ3n) is 5.21. The van der Waals surface area contributed by atoms with Crippen LogP contribution in [0.1, 0.15) is 16.9 Å². The number of hydrogen-bond donors (Lipinski definition) is 1. The van der Waals surface area contributed by atoms with Crippen LogP contribution in [-0.2, 0) is 0 Å². The molecule has 2 fully saturated rings. The zero-order valence-electron chi connectivity index (χ0n) is 15.5. The van der Waals surface area contributed by atoms with E-state index in [1.807, 2.05) is 0 Å². The Kier molecular flexibility index (Phi) is 4.28. The fourth-order valence-corrected chi connectivity index (χ4v) is 3.88. The molecule has 0 aliphatic carbocycles. The first-order valence-electron chi connectivity index (χ1n) is 9.27. The monoisotopic (exact) mass is 419 g/mol. The molecule has 1 N–H and O–H groups in total. The van der Waals surface area contributed by atoms with E-state index in [-0.39, 0.29) is 35.0 Å². The fourth-order valence-electron chi connectivity index (χ4n) is 3.88. The Morgan fingerprint density at radius 2 is 2.13 bits per heavy atom. The van der Waals surface area contributed by atoms with Crippen molar-refractivity contribution in [2.24, 2.45) is 0 Å². The molecule has 2 atom stereocenters. The molecule has 3 aromatic rings. The number of rotatable bonds is 4. The van der Waals surface area contributed by atoms with E-state index >= 15 is 0 Å². The number of halogens is 3. The third kappa shape index (κ3) is 3.41. The number of nitrogens with zero attached hydrogens (tertiary/aromatic N) is 4. The number of para-hydroxylation sites is 2. The number of carbonyl (C=O) groups excluding carboxylic acids is 1. The van der Waals surface area contributed by atoms with Crippen molar-refractivity contribution in [3.05, 3.63) is 48.6 Å². The van der Waals surface area contributed by atoms with Gasteiger partial charge in [0.15, 0.2) is 11.4 Å². The Labute approximate surface area is 168 Å². The van der Waals surface area contributed by atoms with Crippen LogP contribution >= 0.6 is 0 Å². The van der Waals surface area contributed by atoms with E-state index in [4.69, 9.17) is 4.42 Å². The maximum atomic E-state index is 12.7. The standard InChI is InChI=1S/C19H16F3N5O3/c20-19(21,22)30-16-4-2-1-3-15(16)27-8-11(6-24-27)17-25-14(10-29-17)18(28)26-9-12-5-13(26)7-23-12/h1-4,6,8,10,12-13,23H,5,7,9H2/t12-,13-/m1/s1. The first-order valence-corrected chi connectivity index (χ1v) is 9.27. The SMILES string of the molecule is O=C(c1coc(-c2cnn(-c3ccccc3OC(F)(F)F)c2)n1)N1C[C@H]2C[C@@H]1CN2. The van der Waals surface area contributed by atoms with Gasteiger partial charge in [-0.15, -0.1) is 13.2 Å². The summed E-state index contributed by atoms with van der Waals surface area (Å²) >= 11 is 0. The summed E-state index contributed by atoms with van der Waals surface area (Å²) < 4.78 is 48.7. The molecular weight excluding hydrogens is 403 g/mol. The van der Waals surface area contributed by atoms with E-state index in [2.05, 4.69) is 20.1 Å². The summed E-state index contributed by atoms with van der Waals surface area (Å²) in [6, 6.07) is 6.13. The third-order valence-corrected chi connectivity index (χ3v) is 5.21. The van der Waals surface area contributed by atoms with Gasteiger partial charge in [-0.3, -0.25) is 4.79 Å². The van der Waals surface area contributed by atoms with Crippen molar-refractivity contribution in [2.45, 2.75) is 24.9 Å². The molecule has 2 aromatic heterocycles. The maximum Gasteiger partial charge on any atom is 0.573 e. The van der Waals surface area contributed by atoms with Crippen molar-refractivity contribution in [3.8, 4) is 22.9 Å². The highest BCUT2D eigenvalue weighted by molar-refractivity contribution is 5.93. The summed E-state index contributed by atoms with van der Waals surface area (Å²) in [5, 5.41) is 7.41. The van der Waals surface area contributed by atoms with Crippen molar-refractivity contribution in [1.82, 2.24) is 25.0 Å². The second-order valence-electron chi connectivity index (χ2n) is 7.18. The summed E-state index contributed by atoms with van der Waals surface area (Å²) in [7, 11) is 0. The molecule has 1 aromatic carbocycles. The van der Waals surface area contributed by atoms with Crippen LogP contribution in [0.25, 0.3) is 17.1 Å². The molecule has 2 aliphatic heterocycles. The number of likely N-dealkylation sites (tertiary alicyclic amines) is 1. The van der Waals surface area contributed by atoms with Crippen molar-refractivity contribution in [3.63, 3.8) is 0 Å². The molecule has 8 nitrogen and oxygen atoms in total. The topological polar surface area (TPSA) is 85.4 Å². The van der Waals surface area contributed by atoms with Crippen LogP contribution in [0.2, 0.25) is 0 Å². The number of oxazole rings is 1. The smallest absolute Gasteiger partial charge is 0.444 e. The molecular formula is C19H16F3N5O3. The van der Waals surface area contributed by atoms with Crippen LogP contribution in [0.3, 0.4) is 0 Å². The lowest BCUT2D eigenvalue weighted by Gasteiger charge is -2.26. The molecule has 156 valence electrons. The zero-order valence-corrected chi connectivity index (χ0v) is 15.5. The Morgan fingerprint density at radius 1 is 1.30 bits per heavy atom. The Hall–Kier alpha value is -3.34. The highest BCUT2D eigenvalue weighted by atomic mass is 19.4. The average molecular weight is 419 g/mol. The minimum atomic E-state index is -4.82. The van der Waals surface area contributed by atoms with Gasteiger partial charge < -0.3 is 19.4 Å². The number of benzene rings is 1. The summed E-state index contributed by atoms with van der Waals surface area (Å²) in [5.74, 6) is -0.433. The van der Waals surface area contributed by atoms with Crippen molar-refractivity contribution in [2.75, 3.05) is 13.1 Å². The molecule has 0 spiro atoms. The molecule has 0 saturated carbocycles. The summed E-state index contributed by atoms with van der Waals surface area (Å²) in [5.41, 5.74) is 0.705. The molecule has 11 heteroatoms. The van der Waals surface area contributed by atoms with Crippen LogP contribution in [0.5, 0.6) is 5.75 Å². The van der Waals surface area contributed by atoms with Gasteiger partial charge in [0.05, 0.1) is 11.8 Å². The second-order valence-corrected chi connectivity index (χ2v) is 7.18. The van der Waals surface area contributed by atoms with Crippen molar-refractivity contribution >= 4 is 5.91 Å². The fraction of sp³-hybridized carbons (Fsp3) is 0.316. The van der Waals surface area contributed by atoms with E-state index < -0.39 is 6.36 Å². The Balaban J connectivity index is 1.38. The van der Waals surface area contributed by atoms with E-state index in [1.165, 1.54) is 41.5 Å². The molecule has 1 amide bonds. The summed E-state index contributed by atoms with van der Waals surface area (Å²) in [6.07, 6.45) is 0.249. The lowest BCUT2D eigenvalue weighted by atomic mass is 10.2. The largest absolute Gasteiger partial charge is 0.573 e. The predicted octanol–water partition coefficient (Wildman–Crippen LogP) is 2.61. The number of fused-ring (bicyclic) bond motifs is 2. The molecule has 0 unspecified atom stereocenters. The Bertz CT molecular complexity index is 1090. The molecule has 4 heterocycles. The zero-order chi connectivity index (χ0) is 20.9. The lowest BCUT2D eigenvalue weighted by Crippen LogP contribution is -2.46. The molecule has 5 rings (SSSR count). The number of alkyl halides is 3. The minimum absolute atomic E-state index is 0.101. The van der Waals surface area contributed by atoms with Gasteiger partial charge in [0, 0.05) is 31.4 Å². The van der Waals surface area contributed by atoms with E-state index in [0.717, 1.165) is 13.0 Å². The molecule has 2 bridgehead atoms. The van der Waals surface area contributed by atoms with Gasteiger partial charge in [-0.05, 0) is 18.6 Å². The molecule has 30 heavy (non-hydrogen) atoms. The number of ether oxygens (including phenoxy) is 1. The van der Waals surface area contributed by atoms with Crippen molar-refractivity contribution in [1.29, 1.82) is 0 Å². The van der Waals surface area contributed by atoms with Crippen LogP contribution < -0.4 is 10.1 Å². The van der Waals surface area contributed by atoms with Gasteiger partial charge in [0.25, 0.3) is 5.91 Å². The normalized spacial score (nSPS) is 20.7. The van der Waals surface area contributed by atoms with E-state index in [0.29, 0.717) is 18.2 Å². The molecule has 0 radical (unpaired) electrons. The number of nitrogens with one attached hydrogen (secondary N) is 1. The first kappa shape index (κ1) is 18.7. The van der Waals surface area contributed by atoms with Gasteiger partial charge in [0.1, 0.15) is 12.0 Å². The van der Waals surface area contributed by atoms with Gasteiger partial charge in [0.2, 0.25) is 5.89 Å². The van der Waals surface area contributed by atoms with Gasteiger partial charge in [-0.2, -0.15) is 5.10 Å². The van der Waals surface area contributed by atoms with Gasteiger partial charge in [-0.1, -0.05) is 12.1 Å². The van der Waals surface area contributed by atoms with Crippen molar-refractivity contribution < 1.29 is 27.1 Å². The average Bonchev–Trinajstić information content (AvgIpc) is 3.50. The second kappa shape index (κ2) is 6.87. The first-order chi connectivity index (χ1) is 14.4. The molecule has 2 saturated heterocycles. The van der Waals surface area contributed by atoms with Crippen LogP contribution in [0, 0.1) is 0 Å². The predicted molar refractivity (Wildman–Crippen MR) is 97.0 cm³/mol. The number of amides is 1. The Morgan fingerprint density at radius 3 is 2.87 bits per heavy atom. The van der Waals surface area contributed by atoms with Crippen LogP contribution in [0.15, 0.2) is 47.3 Å².